The molecule has 0 aliphatic heterocycles. The zero-order valence-corrected chi connectivity index (χ0v) is 15.9. The maximum absolute atomic E-state index is 12.8. The minimum absolute atomic E-state index is 0.0322. The van der Waals surface area contributed by atoms with Crippen LogP contribution in [0.25, 0.3) is 0 Å². The van der Waals surface area contributed by atoms with Gasteiger partial charge in [0.05, 0.1) is 22.7 Å². The average molecular weight is 402 g/mol. The topological polar surface area (TPSA) is 72.5 Å². The van der Waals surface area contributed by atoms with Gasteiger partial charge in [-0.05, 0) is 30.3 Å². The molecule has 3 aromatic carbocycles. The van der Waals surface area contributed by atoms with Crippen molar-refractivity contribution in [2.75, 3.05) is 11.8 Å². The molecule has 3 aromatic rings. The highest BCUT2D eigenvalue weighted by Crippen LogP contribution is 2.29. The number of sulfonamides is 1. The van der Waals surface area contributed by atoms with Crippen molar-refractivity contribution < 1.29 is 17.9 Å². The number of hydrogen-bond acceptors (Lipinski definition) is 4. The van der Waals surface area contributed by atoms with Gasteiger partial charge in [-0.2, -0.15) is 0 Å². The molecule has 0 unspecified atom stereocenters. The lowest BCUT2D eigenvalue weighted by Crippen LogP contribution is -2.16. The highest BCUT2D eigenvalue weighted by molar-refractivity contribution is 7.92. The molecule has 1 N–H and O–H groups in total. The van der Waals surface area contributed by atoms with Crippen molar-refractivity contribution >= 4 is 33.1 Å². The van der Waals surface area contributed by atoms with Crippen LogP contribution >= 0.6 is 11.6 Å². The lowest BCUT2D eigenvalue weighted by Gasteiger charge is -2.13. The van der Waals surface area contributed by atoms with E-state index in [1.807, 2.05) is 0 Å². The molecule has 3 rings (SSSR count). The highest BCUT2D eigenvalue weighted by atomic mass is 35.5. The van der Waals surface area contributed by atoms with E-state index >= 15 is 0 Å². The van der Waals surface area contributed by atoms with E-state index in [-0.39, 0.29) is 27.0 Å². The van der Waals surface area contributed by atoms with Crippen LogP contribution in [-0.2, 0) is 10.0 Å². The van der Waals surface area contributed by atoms with Crippen LogP contribution in [0.1, 0.15) is 15.9 Å². The number of halogens is 1. The summed E-state index contributed by atoms with van der Waals surface area (Å²) >= 11 is 6.03. The van der Waals surface area contributed by atoms with E-state index in [1.165, 1.54) is 25.3 Å². The van der Waals surface area contributed by atoms with Crippen molar-refractivity contribution in [2.45, 2.75) is 4.90 Å². The Morgan fingerprint density at radius 1 is 0.963 bits per heavy atom. The molecular weight excluding hydrogens is 386 g/mol. The number of ether oxygens (including phenoxy) is 1. The number of carbonyl (C=O) groups excluding carboxylic acids is 1. The maximum Gasteiger partial charge on any atom is 0.261 e. The molecular formula is C20H16ClNO4S. The predicted molar refractivity (Wildman–Crippen MR) is 105 cm³/mol. The van der Waals surface area contributed by atoms with Gasteiger partial charge in [-0.25, -0.2) is 8.42 Å². The van der Waals surface area contributed by atoms with Crippen molar-refractivity contribution in [1.82, 2.24) is 0 Å². The van der Waals surface area contributed by atoms with Crippen LogP contribution < -0.4 is 9.46 Å². The Balaban J connectivity index is 1.96. The van der Waals surface area contributed by atoms with E-state index in [9.17, 15) is 13.2 Å². The van der Waals surface area contributed by atoms with Crippen molar-refractivity contribution in [3.8, 4) is 5.75 Å². The van der Waals surface area contributed by atoms with Crippen molar-refractivity contribution in [3.05, 3.63) is 88.9 Å². The summed E-state index contributed by atoms with van der Waals surface area (Å²) < 4.78 is 33.0. The van der Waals surface area contributed by atoms with Gasteiger partial charge in [-0.1, -0.05) is 54.1 Å². The summed E-state index contributed by atoms with van der Waals surface area (Å²) in [6, 6.07) is 19.3. The van der Waals surface area contributed by atoms with Crippen LogP contribution in [0, 0.1) is 0 Å². The van der Waals surface area contributed by atoms with E-state index in [4.69, 9.17) is 16.3 Å². The first-order chi connectivity index (χ1) is 12.9. The minimum Gasteiger partial charge on any atom is -0.495 e. The van der Waals surface area contributed by atoms with E-state index in [0.29, 0.717) is 11.3 Å². The number of rotatable bonds is 6. The van der Waals surface area contributed by atoms with E-state index in [2.05, 4.69) is 4.72 Å². The number of anilines is 1. The molecule has 0 aliphatic carbocycles. The fourth-order valence-electron chi connectivity index (χ4n) is 2.53. The van der Waals surface area contributed by atoms with Crippen LogP contribution in [0.3, 0.4) is 0 Å². The molecule has 7 heteroatoms. The summed E-state index contributed by atoms with van der Waals surface area (Å²) in [4.78, 5) is 12.7. The first kappa shape index (κ1) is 18.9. The van der Waals surface area contributed by atoms with E-state index < -0.39 is 10.0 Å². The van der Waals surface area contributed by atoms with Crippen molar-refractivity contribution in [3.63, 3.8) is 0 Å². The molecule has 0 atom stereocenters. The fraction of sp³-hybridized carbons (Fsp3) is 0.0500. The molecule has 0 aromatic heterocycles. The lowest BCUT2D eigenvalue weighted by molar-refractivity contribution is 0.103. The second-order valence-corrected chi connectivity index (χ2v) is 7.73. The summed E-state index contributed by atoms with van der Waals surface area (Å²) in [5, 5.41) is 0.175. The van der Waals surface area contributed by atoms with E-state index in [1.54, 1.807) is 54.6 Å². The number of ketones is 1. The summed E-state index contributed by atoms with van der Waals surface area (Å²) in [5.74, 6) is 0.0944. The second kappa shape index (κ2) is 7.82. The molecule has 0 heterocycles. The minimum atomic E-state index is -3.94. The number of methoxy groups -OCH3 is 1. The smallest absolute Gasteiger partial charge is 0.261 e. The predicted octanol–water partition coefficient (Wildman–Crippen LogP) is 4.38. The summed E-state index contributed by atoms with van der Waals surface area (Å²) in [6.45, 7) is 0. The first-order valence-corrected chi connectivity index (χ1v) is 9.83. The maximum atomic E-state index is 12.8. The number of nitrogens with one attached hydrogen (secondary N) is 1. The van der Waals surface area contributed by atoms with Crippen molar-refractivity contribution in [1.29, 1.82) is 0 Å². The molecule has 0 aliphatic rings. The zero-order chi connectivity index (χ0) is 19.4. The molecule has 0 radical (unpaired) electrons. The Hall–Kier alpha value is -2.83. The number of hydrogen-bond donors (Lipinski definition) is 1. The van der Waals surface area contributed by atoms with Crippen LogP contribution in [-0.4, -0.2) is 21.3 Å². The van der Waals surface area contributed by atoms with Gasteiger partial charge in [0, 0.05) is 11.1 Å². The molecule has 0 saturated carbocycles. The van der Waals surface area contributed by atoms with Gasteiger partial charge in [-0.15, -0.1) is 0 Å². The molecule has 138 valence electrons. The highest BCUT2D eigenvalue weighted by Gasteiger charge is 2.20. The molecule has 0 amide bonds. The van der Waals surface area contributed by atoms with Crippen LogP contribution in [0.5, 0.6) is 5.75 Å². The third-order valence-corrected chi connectivity index (χ3v) is 5.54. The van der Waals surface area contributed by atoms with E-state index in [0.717, 1.165) is 0 Å². The Kier molecular flexibility index (Phi) is 5.48. The average Bonchev–Trinajstić information content (AvgIpc) is 2.68. The fourth-order valence-corrected chi connectivity index (χ4v) is 3.96. The molecule has 0 bridgehead atoms. The third kappa shape index (κ3) is 4.13. The van der Waals surface area contributed by atoms with Gasteiger partial charge in [-0.3, -0.25) is 9.52 Å². The summed E-state index contributed by atoms with van der Waals surface area (Å²) in [7, 11) is -2.50. The zero-order valence-electron chi connectivity index (χ0n) is 14.3. The Morgan fingerprint density at radius 3 is 2.30 bits per heavy atom. The SMILES string of the molecule is COc1ccc(S(=O)(=O)Nc2ccccc2C(=O)c2ccccc2)cc1Cl. The second-order valence-electron chi connectivity index (χ2n) is 5.64. The van der Waals surface area contributed by atoms with Crippen molar-refractivity contribution in [2.24, 2.45) is 0 Å². The molecule has 5 nitrogen and oxygen atoms in total. The number of carbonyl (C=O) groups is 1. The molecule has 0 fully saturated rings. The van der Waals surface area contributed by atoms with Gasteiger partial charge in [0.25, 0.3) is 10.0 Å². The van der Waals surface area contributed by atoms with Gasteiger partial charge in [0.2, 0.25) is 0 Å². The summed E-state index contributed by atoms with van der Waals surface area (Å²) in [6.07, 6.45) is 0. The number of benzene rings is 3. The largest absolute Gasteiger partial charge is 0.495 e. The summed E-state index contributed by atoms with van der Waals surface area (Å²) in [5.41, 5.74) is 0.918. The van der Waals surface area contributed by atoms with Gasteiger partial charge >= 0.3 is 0 Å². The Labute approximate surface area is 162 Å². The Bertz CT molecular complexity index is 1080. The van der Waals surface area contributed by atoms with Crippen LogP contribution in [0.15, 0.2) is 77.7 Å². The molecule has 27 heavy (non-hydrogen) atoms. The monoisotopic (exact) mass is 401 g/mol. The van der Waals surface area contributed by atoms with Gasteiger partial charge in [0.1, 0.15) is 5.75 Å². The Morgan fingerprint density at radius 2 is 1.63 bits per heavy atom. The number of para-hydroxylation sites is 1. The standard InChI is InChI=1S/C20H16ClNO4S/c1-26-19-12-11-15(13-17(19)21)27(24,25)22-18-10-6-5-9-16(18)20(23)14-7-3-2-4-8-14/h2-13,22H,1H3. The van der Waals surface area contributed by atoms with Gasteiger partial charge in [0.15, 0.2) is 5.78 Å². The lowest BCUT2D eigenvalue weighted by atomic mass is 10.0. The molecule has 0 spiro atoms. The van der Waals surface area contributed by atoms with Gasteiger partial charge < -0.3 is 4.74 Å². The van der Waals surface area contributed by atoms with Crippen LogP contribution in [0.4, 0.5) is 5.69 Å². The quantitative estimate of drug-likeness (QED) is 0.622. The van der Waals surface area contributed by atoms with Crippen LogP contribution in [0.2, 0.25) is 5.02 Å². The first-order valence-electron chi connectivity index (χ1n) is 7.97. The third-order valence-electron chi connectivity index (χ3n) is 3.89. The normalized spacial score (nSPS) is 11.0. The molecule has 0 saturated heterocycles.